The van der Waals surface area contributed by atoms with Gasteiger partial charge in [0.25, 0.3) is 0 Å². The number of amides is 1. The van der Waals surface area contributed by atoms with Crippen LogP contribution in [0.2, 0.25) is 0 Å². The first-order valence-corrected chi connectivity index (χ1v) is 8.34. The van der Waals surface area contributed by atoms with Crippen molar-refractivity contribution >= 4 is 22.4 Å². The van der Waals surface area contributed by atoms with Crippen LogP contribution in [0.5, 0.6) is 11.5 Å². The highest BCUT2D eigenvalue weighted by molar-refractivity contribution is 5.97. The first-order valence-electron chi connectivity index (χ1n) is 8.34. The summed E-state index contributed by atoms with van der Waals surface area (Å²) in [4.78, 5) is 14.4. The first kappa shape index (κ1) is 15.5. The van der Waals surface area contributed by atoms with Gasteiger partial charge in [-0.05, 0) is 40.6 Å². The normalized spacial score (nSPS) is 12.8. The van der Waals surface area contributed by atoms with Crippen molar-refractivity contribution in [1.82, 2.24) is 0 Å². The van der Waals surface area contributed by atoms with Gasteiger partial charge >= 0.3 is 0 Å². The third-order valence-corrected chi connectivity index (χ3v) is 4.46. The third-order valence-electron chi connectivity index (χ3n) is 4.46. The number of likely N-dealkylation sites (N-methyl/N-ethyl adjacent to an activating group) is 1. The second-order valence-corrected chi connectivity index (χ2v) is 6.14. The van der Waals surface area contributed by atoms with Gasteiger partial charge in [0.05, 0.1) is 6.42 Å². The van der Waals surface area contributed by atoms with Gasteiger partial charge in [-0.15, -0.1) is 0 Å². The van der Waals surface area contributed by atoms with Crippen LogP contribution >= 0.6 is 0 Å². The molecule has 126 valence electrons. The molecular formula is C21H19NO3. The second-order valence-electron chi connectivity index (χ2n) is 6.14. The van der Waals surface area contributed by atoms with Crippen molar-refractivity contribution in [2.45, 2.75) is 6.42 Å². The summed E-state index contributed by atoms with van der Waals surface area (Å²) < 4.78 is 11.1. The average molecular weight is 333 g/mol. The molecule has 1 amide bonds. The van der Waals surface area contributed by atoms with Crippen molar-refractivity contribution in [1.29, 1.82) is 0 Å². The molecule has 0 bridgehead atoms. The number of rotatable bonds is 3. The van der Waals surface area contributed by atoms with Crippen molar-refractivity contribution < 1.29 is 14.3 Å². The van der Waals surface area contributed by atoms with Gasteiger partial charge in [0, 0.05) is 12.7 Å². The van der Waals surface area contributed by atoms with E-state index in [0.717, 1.165) is 22.4 Å². The molecular weight excluding hydrogens is 314 g/mol. The summed E-state index contributed by atoms with van der Waals surface area (Å²) in [5, 5.41) is 2.29. The molecule has 1 aliphatic rings. The lowest BCUT2D eigenvalue weighted by atomic mass is 10.1. The zero-order valence-corrected chi connectivity index (χ0v) is 14.1. The Bertz CT molecular complexity index is 935. The lowest BCUT2D eigenvalue weighted by Crippen LogP contribution is -2.27. The van der Waals surface area contributed by atoms with Crippen LogP contribution in [0.25, 0.3) is 10.8 Å². The highest BCUT2D eigenvalue weighted by Gasteiger charge is 2.16. The van der Waals surface area contributed by atoms with Crippen LogP contribution in [-0.2, 0) is 11.2 Å². The number of carbonyl (C=O) groups excluding carboxylic acids is 1. The summed E-state index contributed by atoms with van der Waals surface area (Å²) in [7, 11) is 1.81. The number of ether oxygens (including phenoxy) is 2. The first-order chi connectivity index (χ1) is 12.2. The van der Waals surface area contributed by atoms with Gasteiger partial charge in [0.2, 0.25) is 5.91 Å². The van der Waals surface area contributed by atoms with Gasteiger partial charge < -0.3 is 14.4 Å². The topological polar surface area (TPSA) is 38.8 Å². The maximum atomic E-state index is 12.7. The van der Waals surface area contributed by atoms with E-state index in [9.17, 15) is 4.79 Å². The van der Waals surface area contributed by atoms with Gasteiger partial charge in [-0.1, -0.05) is 36.4 Å². The van der Waals surface area contributed by atoms with Gasteiger partial charge in [-0.3, -0.25) is 4.79 Å². The van der Waals surface area contributed by atoms with Gasteiger partial charge in [-0.2, -0.15) is 0 Å². The maximum Gasteiger partial charge on any atom is 0.231 e. The minimum absolute atomic E-state index is 0.0342. The monoisotopic (exact) mass is 333 g/mol. The molecule has 0 aromatic heterocycles. The molecule has 0 radical (unpaired) electrons. The lowest BCUT2D eigenvalue weighted by Gasteiger charge is -2.20. The predicted octanol–water partition coefficient (Wildman–Crippen LogP) is 3.82. The maximum absolute atomic E-state index is 12.7. The van der Waals surface area contributed by atoms with E-state index >= 15 is 0 Å². The third kappa shape index (κ3) is 3.15. The minimum Gasteiger partial charge on any atom is -0.486 e. The number of benzene rings is 3. The van der Waals surface area contributed by atoms with Gasteiger partial charge in [0.15, 0.2) is 11.5 Å². The van der Waals surface area contributed by atoms with Crippen LogP contribution in [0.3, 0.4) is 0 Å². The molecule has 4 nitrogen and oxygen atoms in total. The molecule has 3 aromatic carbocycles. The average Bonchev–Trinajstić information content (AvgIpc) is 2.67. The molecule has 0 aliphatic carbocycles. The molecule has 1 heterocycles. The van der Waals surface area contributed by atoms with Crippen LogP contribution in [0, 0.1) is 0 Å². The summed E-state index contributed by atoms with van der Waals surface area (Å²) in [5.74, 6) is 1.49. The van der Waals surface area contributed by atoms with Crippen LogP contribution in [0.4, 0.5) is 5.69 Å². The highest BCUT2D eigenvalue weighted by Crippen LogP contribution is 2.31. The smallest absolute Gasteiger partial charge is 0.231 e. The summed E-state index contributed by atoms with van der Waals surface area (Å²) in [6, 6.07) is 19.9. The van der Waals surface area contributed by atoms with E-state index in [1.54, 1.807) is 4.90 Å². The number of fused-ring (bicyclic) bond motifs is 2. The molecule has 4 heteroatoms. The SMILES string of the molecule is CN(C(=O)Cc1ccc2c(c1)OCCO2)c1ccc2ccccc2c1. The van der Waals surface area contributed by atoms with Crippen LogP contribution < -0.4 is 14.4 Å². The molecule has 0 fully saturated rings. The predicted molar refractivity (Wildman–Crippen MR) is 98.5 cm³/mol. The van der Waals surface area contributed by atoms with E-state index in [4.69, 9.17) is 9.47 Å². The van der Waals surface area contributed by atoms with Crippen LogP contribution in [0.15, 0.2) is 60.7 Å². The Kier molecular flexibility index (Phi) is 4.02. The Morgan fingerprint density at radius 3 is 2.52 bits per heavy atom. The fourth-order valence-corrected chi connectivity index (χ4v) is 3.02. The number of hydrogen-bond acceptors (Lipinski definition) is 3. The van der Waals surface area contributed by atoms with Crippen LogP contribution in [-0.4, -0.2) is 26.2 Å². The second kappa shape index (κ2) is 6.48. The van der Waals surface area contributed by atoms with E-state index in [2.05, 4.69) is 12.1 Å². The van der Waals surface area contributed by atoms with Crippen molar-refractivity contribution in [3.8, 4) is 11.5 Å². The number of anilines is 1. The number of carbonyl (C=O) groups is 1. The molecule has 0 saturated heterocycles. The fraction of sp³-hybridized carbons (Fsp3) is 0.190. The molecule has 3 aromatic rings. The van der Waals surface area contributed by atoms with Crippen molar-refractivity contribution in [2.75, 3.05) is 25.2 Å². The Morgan fingerprint density at radius 1 is 0.920 bits per heavy atom. The molecule has 0 saturated carbocycles. The number of hydrogen-bond donors (Lipinski definition) is 0. The zero-order chi connectivity index (χ0) is 17.2. The quantitative estimate of drug-likeness (QED) is 0.731. The fourth-order valence-electron chi connectivity index (χ4n) is 3.02. The molecule has 0 N–H and O–H groups in total. The summed E-state index contributed by atoms with van der Waals surface area (Å²) in [5.41, 5.74) is 1.81. The Hall–Kier alpha value is -3.01. The molecule has 4 rings (SSSR count). The van der Waals surface area contributed by atoms with Crippen molar-refractivity contribution in [3.63, 3.8) is 0 Å². The largest absolute Gasteiger partial charge is 0.486 e. The summed E-state index contributed by atoms with van der Waals surface area (Å²) in [6.07, 6.45) is 0.319. The van der Waals surface area contributed by atoms with E-state index in [1.165, 1.54) is 5.39 Å². The van der Waals surface area contributed by atoms with Crippen molar-refractivity contribution in [2.24, 2.45) is 0 Å². The highest BCUT2D eigenvalue weighted by atomic mass is 16.6. The van der Waals surface area contributed by atoms with Gasteiger partial charge in [0.1, 0.15) is 13.2 Å². The molecule has 1 aliphatic heterocycles. The van der Waals surface area contributed by atoms with Gasteiger partial charge in [-0.25, -0.2) is 0 Å². The Morgan fingerprint density at radius 2 is 1.68 bits per heavy atom. The standard InChI is InChI=1S/C21H19NO3/c1-22(18-8-7-16-4-2-3-5-17(16)14-18)21(23)13-15-6-9-19-20(12-15)25-11-10-24-19/h2-9,12,14H,10-11,13H2,1H3. The zero-order valence-electron chi connectivity index (χ0n) is 14.1. The molecule has 0 atom stereocenters. The number of nitrogens with zero attached hydrogens (tertiary/aromatic N) is 1. The van der Waals surface area contributed by atoms with E-state index in [-0.39, 0.29) is 5.91 Å². The van der Waals surface area contributed by atoms with E-state index in [0.29, 0.717) is 25.4 Å². The lowest BCUT2D eigenvalue weighted by molar-refractivity contribution is -0.117. The minimum atomic E-state index is 0.0342. The molecule has 0 unspecified atom stereocenters. The summed E-state index contributed by atoms with van der Waals surface area (Å²) >= 11 is 0. The molecule has 0 spiro atoms. The van der Waals surface area contributed by atoms with Crippen LogP contribution in [0.1, 0.15) is 5.56 Å². The van der Waals surface area contributed by atoms with E-state index in [1.807, 2.05) is 55.6 Å². The Labute approximate surface area is 146 Å². The molecule has 25 heavy (non-hydrogen) atoms. The van der Waals surface area contributed by atoms with E-state index < -0.39 is 0 Å². The Balaban J connectivity index is 1.53. The van der Waals surface area contributed by atoms with Crippen molar-refractivity contribution in [3.05, 3.63) is 66.2 Å². The summed E-state index contributed by atoms with van der Waals surface area (Å²) in [6.45, 7) is 1.11.